The predicted octanol–water partition coefficient (Wildman–Crippen LogP) is 6.96. The molecule has 3 nitrogen and oxygen atoms in total. The third-order valence-corrected chi connectivity index (χ3v) is 6.33. The minimum atomic E-state index is -0.522. The number of nitrogens with zero attached hydrogens (tertiary/aromatic N) is 1. The Labute approximate surface area is 200 Å². The first-order valence-corrected chi connectivity index (χ1v) is 12.2. The Morgan fingerprint density at radius 1 is 0.758 bits per heavy atom. The van der Waals surface area contributed by atoms with E-state index in [-0.39, 0.29) is 5.92 Å². The van der Waals surface area contributed by atoms with Crippen molar-refractivity contribution in [2.75, 3.05) is 6.54 Å². The van der Waals surface area contributed by atoms with Crippen LogP contribution in [0.4, 0.5) is 0 Å². The average Bonchev–Trinajstić information content (AvgIpc) is 2.81. The lowest BCUT2D eigenvalue weighted by molar-refractivity contribution is 0.170. The van der Waals surface area contributed by atoms with E-state index in [4.69, 9.17) is 4.74 Å². The van der Waals surface area contributed by atoms with Crippen molar-refractivity contribution in [2.45, 2.75) is 71.8 Å². The number of benzene rings is 3. The van der Waals surface area contributed by atoms with Gasteiger partial charge in [0.1, 0.15) is 12.4 Å². The normalized spacial score (nSPS) is 13.5. The number of hydrogen-bond acceptors (Lipinski definition) is 3. The highest BCUT2D eigenvalue weighted by Gasteiger charge is 2.23. The maximum absolute atomic E-state index is 10.3. The minimum Gasteiger partial charge on any atom is -0.489 e. The van der Waals surface area contributed by atoms with Gasteiger partial charge in [-0.3, -0.25) is 4.90 Å². The van der Waals surface area contributed by atoms with E-state index in [1.165, 1.54) is 5.56 Å². The van der Waals surface area contributed by atoms with Gasteiger partial charge < -0.3 is 9.84 Å². The average molecular weight is 446 g/mol. The molecule has 3 heteroatoms. The summed E-state index contributed by atoms with van der Waals surface area (Å²) < 4.78 is 6.37. The first-order chi connectivity index (χ1) is 15.9. The number of hydrogen-bond donors (Lipinski definition) is 1. The molecular formula is C30H39NO2. The first kappa shape index (κ1) is 25.0. The van der Waals surface area contributed by atoms with Crippen LogP contribution in [0.2, 0.25) is 0 Å². The second kappa shape index (κ2) is 12.0. The Kier molecular flexibility index (Phi) is 9.11. The Bertz CT molecular complexity index is 959. The monoisotopic (exact) mass is 445 g/mol. The van der Waals surface area contributed by atoms with Gasteiger partial charge in [-0.25, -0.2) is 0 Å². The molecule has 2 atom stereocenters. The van der Waals surface area contributed by atoms with Gasteiger partial charge in [0.2, 0.25) is 0 Å². The third-order valence-electron chi connectivity index (χ3n) is 6.33. The molecule has 0 aliphatic carbocycles. The van der Waals surface area contributed by atoms with Crippen molar-refractivity contribution in [1.29, 1.82) is 0 Å². The van der Waals surface area contributed by atoms with Crippen molar-refractivity contribution < 1.29 is 9.84 Å². The Morgan fingerprint density at radius 2 is 1.36 bits per heavy atom. The summed E-state index contributed by atoms with van der Waals surface area (Å²) in [5.41, 5.74) is 4.48. The van der Waals surface area contributed by atoms with Crippen LogP contribution in [-0.4, -0.2) is 28.6 Å². The van der Waals surface area contributed by atoms with Crippen LogP contribution >= 0.6 is 0 Å². The van der Waals surface area contributed by atoms with Crippen LogP contribution in [0.3, 0.4) is 0 Å². The Hall–Kier alpha value is -2.62. The largest absolute Gasteiger partial charge is 0.489 e. The molecule has 33 heavy (non-hydrogen) atoms. The second-order valence-corrected chi connectivity index (χ2v) is 9.42. The van der Waals surface area contributed by atoms with E-state index in [1.54, 1.807) is 0 Å². The van der Waals surface area contributed by atoms with E-state index in [1.807, 2.05) is 37.3 Å². The van der Waals surface area contributed by atoms with Crippen LogP contribution in [0.1, 0.15) is 75.3 Å². The van der Waals surface area contributed by atoms with Crippen LogP contribution in [0.5, 0.6) is 5.75 Å². The zero-order chi connectivity index (χ0) is 23.8. The van der Waals surface area contributed by atoms with E-state index >= 15 is 0 Å². The molecule has 176 valence electrons. The van der Waals surface area contributed by atoms with Gasteiger partial charge in [0, 0.05) is 23.6 Å². The predicted molar refractivity (Wildman–Crippen MR) is 138 cm³/mol. The standard InChI is InChI=1S/C30H39NO2/c1-22(2)31(23(3)4)19-18-28(26-14-10-7-11-15-26)29-20-27(24(5)32)16-17-30(29)33-21-25-12-8-6-9-13-25/h6-17,20,22-24,28,32H,18-19,21H2,1-5H3/t24-,28?/m1/s1. The van der Waals surface area contributed by atoms with Gasteiger partial charge in [0.05, 0.1) is 6.10 Å². The molecule has 0 radical (unpaired) electrons. The summed E-state index contributed by atoms with van der Waals surface area (Å²) in [5.74, 6) is 1.06. The number of aliphatic hydroxyl groups is 1. The molecule has 0 spiro atoms. The molecule has 0 bridgehead atoms. The highest BCUT2D eigenvalue weighted by atomic mass is 16.5. The SMILES string of the molecule is CC(C)N(CCC(c1ccccc1)c1cc([C@@H](C)O)ccc1OCc1ccccc1)C(C)C. The van der Waals surface area contributed by atoms with E-state index in [9.17, 15) is 5.11 Å². The van der Waals surface area contributed by atoms with Crippen molar-refractivity contribution in [3.8, 4) is 5.75 Å². The van der Waals surface area contributed by atoms with Crippen LogP contribution in [0.25, 0.3) is 0 Å². The van der Waals surface area contributed by atoms with Crippen LogP contribution in [-0.2, 0) is 6.61 Å². The van der Waals surface area contributed by atoms with E-state index in [0.29, 0.717) is 18.7 Å². The van der Waals surface area contributed by atoms with E-state index in [0.717, 1.165) is 35.4 Å². The molecule has 0 aliphatic heterocycles. The number of ether oxygens (including phenoxy) is 1. The molecule has 1 unspecified atom stereocenters. The van der Waals surface area contributed by atoms with Crippen LogP contribution < -0.4 is 4.74 Å². The Balaban J connectivity index is 1.98. The summed E-state index contributed by atoms with van der Waals surface area (Å²) in [6, 6.07) is 28.1. The molecule has 0 heterocycles. The van der Waals surface area contributed by atoms with Gasteiger partial charge in [0.25, 0.3) is 0 Å². The molecule has 0 amide bonds. The molecule has 1 N–H and O–H groups in total. The fraction of sp³-hybridized carbons (Fsp3) is 0.400. The molecule has 0 fully saturated rings. The topological polar surface area (TPSA) is 32.7 Å². The van der Waals surface area contributed by atoms with Gasteiger partial charge in [-0.2, -0.15) is 0 Å². The lowest BCUT2D eigenvalue weighted by Crippen LogP contribution is -2.38. The highest BCUT2D eigenvalue weighted by Crippen LogP contribution is 2.37. The molecule has 3 aromatic rings. The summed E-state index contributed by atoms with van der Waals surface area (Å²) in [4.78, 5) is 2.54. The van der Waals surface area contributed by atoms with Crippen molar-refractivity contribution in [3.63, 3.8) is 0 Å². The molecule has 3 rings (SSSR count). The maximum atomic E-state index is 10.3. The fourth-order valence-electron chi connectivity index (χ4n) is 4.54. The summed E-state index contributed by atoms with van der Waals surface area (Å²) in [7, 11) is 0. The van der Waals surface area contributed by atoms with E-state index < -0.39 is 6.10 Å². The summed E-state index contributed by atoms with van der Waals surface area (Å²) in [6.07, 6.45) is 0.455. The van der Waals surface area contributed by atoms with Crippen molar-refractivity contribution in [2.24, 2.45) is 0 Å². The lowest BCUT2D eigenvalue weighted by Gasteiger charge is -2.32. The molecule has 0 saturated carbocycles. The molecule has 3 aromatic carbocycles. The van der Waals surface area contributed by atoms with Crippen LogP contribution in [0, 0.1) is 0 Å². The quantitative estimate of drug-likeness (QED) is 0.346. The van der Waals surface area contributed by atoms with Gasteiger partial charge in [-0.15, -0.1) is 0 Å². The van der Waals surface area contributed by atoms with Crippen molar-refractivity contribution in [1.82, 2.24) is 4.90 Å². The van der Waals surface area contributed by atoms with Gasteiger partial charge in [-0.1, -0.05) is 66.7 Å². The van der Waals surface area contributed by atoms with Crippen molar-refractivity contribution in [3.05, 3.63) is 101 Å². The van der Waals surface area contributed by atoms with Gasteiger partial charge in [0.15, 0.2) is 0 Å². The third kappa shape index (κ3) is 6.93. The van der Waals surface area contributed by atoms with Gasteiger partial charge >= 0.3 is 0 Å². The summed E-state index contributed by atoms with van der Waals surface area (Å²) in [5, 5.41) is 10.3. The number of aliphatic hydroxyl groups excluding tert-OH is 1. The molecule has 0 aromatic heterocycles. The number of rotatable bonds is 11. The zero-order valence-corrected chi connectivity index (χ0v) is 20.7. The first-order valence-electron chi connectivity index (χ1n) is 12.2. The molecular weight excluding hydrogens is 406 g/mol. The lowest BCUT2D eigenvalue weighted by atomic mass is 9.86. The molecule has 0 aliphatic rings. The zero-order valence-electron chi connectivity index (χ0n) is 20.7. The van der Waals surface area contributed by atoms with Crippen molar-refractivity contribution >= 4 is 0 Å². The second-order valence-electron chi connectivity index (χ2n) is 9.42. The minimum absolute atomic E-state index is 0.177. The summed E-state index contributed by atoms with van der Waals surface area (Å²) >= 11 is 0. The Morgan fingerprint density at radius 3 is 1.94 bits per heavy atom. The summed E-state index contributed by atoms with van der Waals surface area (Å²) in [6.45, 7) is 12.4. The van der Waals surface area contributed by atoms with E-state index in [2.05, 4.69) is 81.1 Å². The highest BCUT2D eigenvalue weighted by molar-refractivity contribution is 5.45. The fourth-order valence-corrected chi connectivity index (χ4v) is 4.54. The maximum Gasteiger partial charge on any atom is 0.123 e. The van der Waals surface area contributed by atoms with Gasteiger partial charge in [-0.05, 0) is 76.4 Å². The molecule has 0 saturated heterocycles. The van der Waals surface area contributed by atoms with Crippen LogP contribution in [0.15, 0.2) is 78.9 Å². The smallest absolute Gasteiger partial charge is 0.123 e.